The van der Waals surface area contributed by atoms with Gasteiger partial charge in [-0.3, -0.25) is 0 Å². The summed E-state index contributed by atoms with van der Waals surface area (Å²) in [6.07, 6.45) is 2.36. The molecule has 0 aliphatic rings. The van der Waals surface area contributed by atoms with Gasteiger partial charge in [0.15, 0.2) is 0 Å². The van der Waals surface area contributed by atoms with E-state index in [9.17, 15) is 0 Å². The molecule has 5 heteroatoms. The Labute approximate surface area is 138 Å². The topological polar surface area (TPSA) is 19.0 Å². The summed E-state index contributed by atoms with van der Waals surface area (Å²) >= 11 is -2.86. The fraction of sp³-hybridized carbons (Fsp3) is 1.00. The van der Waals surface area contributed by atoms with E-state index in [0.717, 1.165) is 52.3 Å². The zero-order valence-electron chi connectivity index (χ0n) is 15.6. The fourth-order valence-corrected chi connectivity index (χ4v) is 10.4. The van der Waals surface area contributed by atoms with Crippen molar-refractivity contribution < 1.29 is 21.1 Å². The van der Waals surface area contributed by atoms with Crippen molar-refractivity contribution in [1.82, 2.24) is 10.1 Å². The number of hydrogen-bond donors (Lipinski definition) is 0. The van der Waals surface area contributed by atoms with Crippen molar-refractivity contribution >= 4 is 0 Å². The van der Waals surface area contributed by atoms with E-state index in [1.807, 2.05) is 0 Å². The Morgan fingerprint density at radius 1 is 0.619 bits per heavy atom. The molecule has 0 fully saturated rings. The summed E-state index contributed by atoms with van der Waals surface area (Å²) in [5.74, 6) is 0. The van der Waals surface area contributed by atoms with E-state index in [2.05, 4.69) is 58.6 Å². The molecule has 0 aromatic carbocycles. The van der Waals surface area contributed by atoms with Gasteiger partial charge in [-0.2, -0.15) is 0 Å². The summed E-state index contributed by atoms with van der Waals surface area (Å²) in [6.45, 7) is 23.3. The van der Waals surface area contributed by atoms with E-state index in [4.69, 9.17) is 3.32 Å². The van der Waals surface area contributed by atoms with Crippen molar-refractivity contribution in [1.29, 1.82) is 0 Å². The molecule has 0 aliphatic heterocycles. The molecular weight excluding hydrogens is 298 g/mol. The van der Waals surface area contributed by atoms with Gasteiger partial charge in [-0.05, 0) is 0 Å². The molecule has 0 unspecified atom stereocenters. The molecule has 0 saturated heterocycles. The zero-order chi connectivity index (χ0) is 16.3. The van der Waals surface area contributed by atoms with E-state index in [1.54, 1.807) is 0 Å². The van der Waals surface area contributed by atoms with Crippen LogP contribution in [0.25, 0.3) is 0 Å². The Morgan fingerprint density at radius 2 is 0.952 bits per heavy atom. The second kappa shape index (κ2) is 12.0. The summed E-state index contributed by atoms with van der Waals surface area (Å²) in [5, 5.41) is 0. The van der Waals surface area contributed by atoms with Crippen LogP contribution in [0.5, 0.6) is 0 Å². The molecule has 21 heavy (non-hydrogen) atoms. The van der Waals surface area contributed by atoms with Crippen LogP contribution in [-0.2, 0) is 21.1 Å². The predicted molar refractivity (Wildman–Crippen MR) is 89.6 cm³/mol. The van der Waals surface area contributed by atoms with Crippen LogP contribution in [0.3, 0.4) is 0 Å². The van der Waals surface area contributed by atoms with E-state index < -0.39 is 17.7 Å². The third kappa shape index (κ3) is 5.30. The Hall–Kier alpha value is 0.554. The molecule has 0 aliphatic carbocycles. The molecule has 0 bridgehead atoms. The Bertz CT molecular complexity index is 210. The van der Waals surface area contributed by atoms with Gasteiger partial charge in [0.05, 0.1) is 0 Å². The molecule has 0 aromatic rings. The average Bonchev–Trinajstić information content (AvgIpc) is 2.50. The van der Waals surface area contributed by atoms with E-state index in [0.29, 0.717) is 0 Å². The van der Waals surface area contributed by atoms with Crippen LogP contribution in [0.15, 0.2) is 0 Å². The van der Waals surface area contributed by atoms with E-state index >= 15 is 0 Å². The molecule has 0 spiro atoms. The molecule has 0 rings (SSSR count). The van der Waals surface area contributed by atoms with Gasteiger partial charge in [-0.25, -0.2) is 0 Å². The normalized spacial score (nSPS) is 12.9. The van der Waals surface area contributed by atoms with Gasteiger partial charge >= 0.3 is 138 Å². The molecule has 4 nitrogen and oxygen atoms in total. The molecule has 0 heterocycles. The average molecular weight is 337 g/mol. The predicted octanol–water partition coefficient (Wildman–Crippen LogP) is 3.64. The molecule has 0 aromatic heterocycles. The molecular formula is C16H39N3OTi. The van der Waals surface area contributed by atoms with Crippen molar-refractivity contribution in [3.05, 3.63) is 0 Å². The first kappa shape index (κ1) is 21.6. The van der Waals surface area contributed by atoms with Crippen LogP contribution < -0.4 is 0 Å². The van der Waals surface area contributed by atoms with Crippen LogP contribution >= 0.6 is 0 Å². The van der Waals surface area contributed by atoms with Crippen LogP contribution in [0.1, 0.15) is 61.3 Å². The van der Waals surface area contributed by atoms with Gasteiger partial charge in [0.25, 0.3) is 0 Å². The maximum absolute atomic E-state index is 6.77. The summed E-state index contributed by atoms with van der Waals surface area (Å²) in [6, 6.07) is 0. The maximum atomic E-state index is 6.77. The van der Waals surface area contributed by atoms with Crippen molar-refractivity contribution in [3.63, 3.8) is 0 Å². The number of rotatable bonds is 13. The Morgan fingerprint density at radius 3 is 1.19 bits per heavy atom. The van der Waals surface area contributed by atoms with Gasteiger partial charge in [-0.15, -0.1) is 0 Å². The standard InChI is InChI=1S/3C4H10N.C4H9O.Ti/c3*1-3-5-4-2;1-2-3-4-5;/h3*3-4H2,1-2H3;2-4H2,1H3;/q4*-1;+4. The molecule has 0 saturated carbocycles. The van der Waals surface area contributed by atoms with E-state index in [1.165, 1.54) is 6.42 Å². The first-order chi connectivity index (χ1) is 10.1. The van der Waals surface area contributed by atoms with Crippen molar-refractivity contribution in [2.45, 2.75) is 61.3 Å². The number of hydrogen-bond acceptors (Lipinski definition) is 4. The summed E-state index contributed by atoms with van der Waals surface area (Å²) in [5.41, 5.74) is 0. The second-order valence-electron chi connectivity index (χ2n) is 5.29. The monoisotopic (exact) mass is 337 g/mol. The Balaban J connectivity index is 5.65. The first-order valence-corrected chi connectivity index (χ1v) is 11.7. The summed E-state index contributed by atoms with van der Waals surface area (Å²) < 4.78 is 14.7. The quantitative estimate of drug-likeness (QED) is 0.377. The molecule has 0 amide bonds. The second-order valence-corrected chi connectivity index (χ2v) is 10.5. The van der Waals surface area contributed by atoms with Crippen LogP contribution in [0.4, 0.5) is 0 Å². The number of nitrogens with zero attached hydrogens (tertiary/aromatic N) is 3. The van der Waals surface area contributed by atoms with Crippen LogP contribution in [0, 0.1) is 0 Å². The summed E-state index contributed by atoms with van der Waals surface area (Å²) in [7, 11) is 0. The van der Waals surface area contributed by atoms with Gasteiger partial charge < -0.3 is 0 Å². The van der Waals surface area contributed by atoms with Crippen molar-refractivity contribution in [2.24, 2.45) is 0 Å². The summed E-state index contributed by atoms with van der Waals surface area (Å²) in [4.78, 5) is 0. The van der Waals surface area contributed by atoms with Crippen molar-refractivity contribution in [2.75, 3.05) is 45.9 Å². The van der Waals surface area contributed by atoms with E-state index in [-0.39, 0.29) is 0 Å². The third-order valence-electron chi connectivity index (χ3n) is 4.32. The molecule has 0 atom stereocenters. The molecule has 128 valence electrons. The van der Waals surface area contributed by atoms with Crippen LogP contribution in [0.2, 0.25) is 0 Å². The SMILES string of the molecule is CCCC[O][Ti]([N](CC)CC)([N](CC)CC)[N](CC)CC. The van der Waals surface area contributed by atoms with Gasteiger partial charge in [0.2, 0.25) is 0 Å². The minimum absolute atomic E-state index is 0.903. The van der Waals surface area contributed by atoms with Crippen LogP contribution in [-0.4, -0.2) is 56.0 Å². The number of unbranched alkanes of at least 4 members (excludes halogenated alkanes) is 1. The Kier molecular flexibility index (Phi) is 12.4. The fourth-order valence-electron chi connectivity index (χ4n) is 3.13. The van der Waals surface area contributed by atoms with Gasteiger partial charge in [0.1, 0.15) is 0 Å². The molecule has 0 radical (unpaired) electrons. The first-order valence-electron chi connectivity index (χ1n) is 9.01. The third-order valence-corrected chi connectivity index (χ3v) is 12.1. The van der Waals surface area contributed by atoms with Gasteiger partial charge in [0, 0.05) is 0 Å². The zero-order valence-corrected chi connectivity index (χ0v) is 17.2. The van der Waals surface area contributed by atoms with Crippen molar-refractivity contribution in [3.8, 4) is 0 Å². The van der Waals surface area contributed by atoms with Gasteiger partial charge in [-0.1, -0.05) is 0 Å². The molecule has 0 N–H and O–H groups in total. The minimum atomic E-state index is -2.86.